The molecular formula is C21H34IN5O2. The molecule has 0 aliphatic carbocycles. The predicted molar refractivity (Wildman–Crippen MR) is 127 cm³/mol. The van der Waals surface area contributed by atoms with Crippen LogP contribution in [0.15, 0.2) is 35.3 Å². The minimum absolute atomic E-state index is 0. The van der Waals surface area contributed by atoms with Crippen LogP contribution in [0.4, 0.5) is 0 Å². The molecule has 8 heteroatoms. The zero-order valence-electron chi connectivity index (χ0n) is 17.3. The molecule has 1 unspecified atom stereocenters. The zero-order chi connectivity index (χ0) is 19.6. The van der Waals surface area contributed by atoms with E-state index in [-0.39, 0.29) is 36.4 Å². The highest BCUT2D eigenvalue weighted by atomic mass is 127. The van der Waals surface area contributed by atoms with Gasteiger partial charge in [0.25, 0.3) is 0 Å². The van der Waals surface area contributed by atoms with E-state index in [9.17, 15) is 4.79 Å². The molecule has 0 bridgehead atoms. The first-order valence-electron chi connectivity index (χ1n) is 10.4. The highest BCUT2D eigenvalue weighted by molar-refractivity contribution is 14.0. The third-order valence-electron chi connectivity index (χ3n) is 5.31. The van der Waals surface area contributed by atoms with Gasteiger partial charge in [-0.25, -0.2) is 4.99 Å². The number of amides is 1. The molecule has 0 radical (unpaired) electrons. The van der Waals surface area contributed by atoms with Crippen molar-refractivity contribution in [2.75, 3.05) is 59.0 Å². The van der Waals surface area contributed by atoms with E-state index in [1.54, 1.807) is 0 Å². The Morgan fingerprint density at radius 3 is 2.66 bits per heavy atom. The second-order valence-corrected chi connectivity index (χ2v) is 7.29. The molecule has 0 saturated carbocycles. The number of aliphatic imine (C=N–C) groups is 1. The van der Waals surface area contributed by atoms with Crippen LogP contribution in [-0.4, -0.2) is 86.7 Å². The molecule has 1 atom stereocenters. The summed E-state index contributed by atoms with van der Waals surface area (Å²) in [7, 11) is 0. The SMILES string of the molecule is CCNC(=NCC(=O)NCCc1ccccc1)N1CCC(N2CCOCC2)C1.I. The number of nitrogens with one attached hydrogen (secondary N) is 2. The first-order valence-corrected chi connectivity index (χ1v) is 10.4. The van der Waals surface area contributed by atoms with E-state index in [4.69, 9.17) is 4.74 Å². The lowest BCUT2D eigenvalue weighted by molar-refractivity contribution is -0.119. The lowest BCUT2D eigenvalue weighted by Crippen LogP contribution is -2.47. The van der Waals surface area contributed by atoms with Gasteiger partial charge in [0.05, 0.1) is 13.2 Å². The lowest BCUT2D eigenvalue weighted by atomic mass is 10.1. The molecule has 1 amide bonds. The van der Waals surface area contributed by atoms with Crippen LogP contribution in [0.1, 0.15) is 18.9 Å². The van der Waals surface area contributed by atoms with Crippen LogP contribution in [0.2, 0.25) is 0 Å². The van der Waals surface area contributed by atoms with E-state index in [2.05, 4.69) is 44.5 Å². The first kappa shape index (κ1) is 23.9. The molecule has 0 spiro atoms. The maximum atomic E-state index is 12.2. The fourth-order valence-electron chi connectivity index (χ4n) is 3.79. The van der Waals surface area contributed by atoms with Gasteiger partial charge in [-0.2, -0.15) is 0 Å². The molecule has 2 N–H and O–H groups in total. The number of hydrogen-bond acceptors (Lipinski definition) is 4. The van der Waals surface area contributed by atoms with Gasteiger partial charge in [0.2, 0.25) is 5.91 Å². The molecule has 2 heterocycles. The summed E-state index contributed by atoms with van der Waals surface area (Å²) in [6, 6.07) is 10.7. The van der Waals surface area contributed by atoms with Crippen molar-refractivity contribution in [3.63, 3.8) is 0 Å². The van der Waals surface area contributed by atoms with Gasteiger partial charge in [-0.3, -0.25) is 9.69 Å². The van der Waals surface area contributed by atoms with E-state index < -0.39 is 0 Å². The standard InChI is InChI=1S/C21H33N5O2.HI/c1-2-22-21(26-11-9-19(17-26)25-12-14-28-15-13-25)24-16-20(27)23-10-8-18-6-4-3-5-7-18;/h3-7,19H,2,8-17H2,1H3,(H,22,24)(H,23,27);1H. The summed E-state index contributed by atoms with van der Waals surface area (Å²) in [6.07, 6.45) is 1.97. The number of nitrogens with zero attached hydrogens (tertiary/aromatic N) is 3. The molecule has 2 aliphatic rings. The maximum Gasteiger partial charge on any atom is 0.241 e. The topological polar surface area (TPSA) is 69.2 Å². The summed E-state index contributed by atoms with van der Waals surface area (Å²) < 4.78 is 5.46. The second kappa shape index (κ2) is 13.0. The average Bonchev–Trinajstić information content (AvgIpc) is 3.23. The van der Waals surface area contributed by atoms with Gasteiger partial charge < -0.3 is 20.3 Å². The Kier molecular flexibility index (Phi) is 10.7. The minimum Gasteiger partial charge on any atom is -0.379 e. The normalized spacial score (nSPS) is 20.2. The molecule has 1 aromatic rings. The fourth-order valence-corrected chi connectivity index (χ4v) is 3.79. The summed E-state index contributed by atoms with van der Waals surface area (Å²) in [5.41, 5.74) is 1.23. The molecule has 3 rings (SSSR count). The van der Waals surface area contributed by atoms with Gasteiger partial charge in [-0.05, 0) is 25.3 Å². The van der Waals surface area contributed by atoms with Crippen molar-refractivity contribution < 1.29 is 9.53 Å². The monoisotopic (exact) mass is 515 g/mol. The third-order valence-corrected chi connectivity index (χ3v) is 5.31. The van der Waals surface area contributed by atoms with Crippen LogP contribution in [0.3, 0.4) is 0 Å². The number of carbonyl (C=O) groups is 1. The first-order chi connectivity index (χ1) is 13.8. The van der Waals surface area contributed by atoms with Crippen molar-refractivity contribution in [3.8, 4) is 0 Å². The summed E-state index contributed by atoms with van der Waals surface area (Å²) in [5, 5.41) is 6.30. The number of rotatable bonds is 7. The smallest absolute Gasteiger partial charge is 0.241 e. The molecule has 1 aromatic carbocycles. The second-order valence-electron chi connectivity index (χ2n) is 7.29. The van der Waals surface area contributed by atoms with Crippen molar-refractivity contribution in [1.82, 2.24) is 20.4 Å². The number of halogens is 1. The van der Waals surface area contributed by atoms with Gasteiger partial charge >= 0.3 is 0 Å². The average molecular weight is 515 g/mol. The molecule has 2 aliphatic heterocycles. The van der Waals surface area contributed by atoms with Gasteiger partial charge in [0.15, 0.2) is 5.96 Å². The summed E-state index contributed by atoms with van der Waals surface area (Å²) in [6.45, 7) is 9.27. The highest BCUT2D eigenvalue weighted by Gasteiger charge is 2.30. The number of carbonyl (C=O) groups excluding carboxylic acids is 1. The number of likely N-dealkylation sites (tertiary alicyclic amines) is 1. The van der Waals surface area contributed by atoms with Gasteiger partial charge in [0, 0.05) is 45.3 Å². The van der Waals surface area contributed by atoms with Crippen LogP contribution < -0.4 is 10.6 Å². The molecular weight excluding hydrogens is 481 g/mol. The Labute approximate surface area is 191 Å². The van der Waals surface area contributed by atoms with Gasteiger partial charge in [-0.15, -0.1) is 24.0 Å². The Morgan fingerprint density at radius 1 is 1.17 bits per heavy atom. The van der Waals surface area contributed by atoms with E-state index in [0.717, 1.165) is 64.7 Å². The largest absolute Gasteiger partial charge is 0.379 e. The Hall–Kier alpha value is -1.39. The fraction of sp³-hybridized carbons (Fsp3) is 0.619. The number of hydrogen-bond donors (Lipinski definition) is 2. The van der Waals surface area contributed by atoms with Crippen molar-refractivity contribution in [2.24, 2.45) is 4.99 Å². The summed E-state index contributed by atoms with van der Waals surface area (Å²) in [5.74, 6) is 0.812. The van der Waals surface area contributed by atoms with E-state index in [0.29, 0.717) is 12.6 Å². The Morgan fingerprint density at radius 2 is 1.93 bits per heavy atom. The molecule has 7 nitrogen and oxygen atoms in total. The molecule has 0 aromatic heterocycles. The minimum atomic E-state index is -0.0322. The summed E-state index contributed by atoms with van der Waals surface area (Å²) in [4.78, 5) is 21.6. The van der Waals surface area contributed by atoms with Gasteiger partial charge in [0.1, 0.15) is 6.54 Å². The number of guanidine groups is 1. The summed E-state index contributed by atoms with van der Waals surface area (Å²) >= 11 is 0. The van der Waals surface area contributed by atoms with Crippen molar-refractivity contribution in [3.05, 3.63) is 35.9 Å². The zero-order valence-corrected chi connectivity index (χ0v) is 19.6. The molecule has 29 heavy (non-hydrogen) atoms. The van der Waals surface area contributed by atoms with Gasteiger partial charge in [-0.1, -0.05) is 30.3 Å². The Balaban J connectivity index is 0.00000300. The third kappa shape index (κ3) is 7.75. The van der Waals surface area contributed by atoms with Crippen LogP contribution in [-0.2, 0) is 16.0 Å². The van der Waals surface area contributed by atoms with Crippen molar-refractivity contribution in [1.29, 1.82) is 0 Å². The number of morpholine rings is 1. The maximum absolute atomic E-state index is 12.2. The van der Waals surface area contributed by atoms with Crippen molar-refractivity contribution >= 4 is 35.8 Å². The molecule has 2 fully saturated rings. The highest BCUT2D eigenvalue weighted by Crippen LogP contribution is 2.17. The van der Waals surface area contributed by atoms with Crippen molar-refractivity contribution in [2.45, 2.75) is 25.8 Å². The van der Waals surface area contributed by atoms with Crippen LogP contribution >= 0.6 is 24.0 Å². The number of benzene rings is 1. The predicted octanol–water partition coefficient (Wildman–Crippen LogP) is 1.34. The lowest BCUT2D eigenvalue weighted by Gasteiger charge is -2.32. The van der Waals surface area contributed by atoms with Crippen LogP contribution in [0.25, 0.3) is 0 Å². The van der Waals surface area contributed by atoms with Crippen LogP contribution in [0.5, 0.6) is 0 Å². The molecule has 2 saturated heterocycles. The van der Waals surface area contributed by atoms with E-state index in [1.165, 1.54) is 5.56 Å². The van der Waals surface area contributed by atoms with Crippen LogP contribution in [0, 0.1) is 0 Å². The van der Waals surface area contributed by atoms with E-state index >= 15 is 0 Å². The molecule has 162 valence electrons. The Bertz CT molecular complexity index is 637. The number of ether oxygens (including phenoxy) is 1. The quantitative estimate of drug-likeness (QED) is 0.326. The van der Waals surface area contributed by atoms with E-state index in [1.807, 2.05) is 18.2 Å².